The third-order valence-corrected chi connectivity index (χ3v) is 6.89. The number of benzene rings is 3. The maximum atomic E-state index is 13.0. The third kappa shape index (κ3) is 3.74. The van der Waals surface area contributed by atoms with Crippen molar-refractivity contribution < 1.29 is 17.9 Å². The second-order valence-electron chi connectivity index (χ2n) is 6.99. The molecule has 4 aromatic rings. The van der Waals surface area contributed by atoms with Crippen molar-refractivity contribution >= 4 is 26.9 Å². The maximum absolute atomic E-state index is 13.0. The van der Waals surface area contributed by atoms with Crippen LogP contribution in [0.25, 0.3) is 10.9 Å². The minimum Gasteiger partial charge on any atom is -0.469 e. The van der Waals surface area contributed by atoms with Crippen LogP contribution in [0.2, 0.25) is 0 Å². The molecule has 1 atom stereocenters. The molecule has 0 N–H and O–H groups in total. The molecule has 152 valence electrons. The topological polar surface area (TPSA) is 65.4 Å². The standard InChI is InChI=1S/C24H21NO4S/c1-29-24(26)17-22(18-8-4-2-5-9-18)19-12-13-23-20(16-19)14-15-25(23)30(27,28)21-10-6-3-7-11-21/h2-16,22H,17H2,1H3. The first-order chi connectivity index (χ1) is 14.5. The lowest BCUT2D eigenvalue weighted by Gasteiger charge is -2.17. The van der Waals surface area contributed by atoms with Crippen LogP contribution in [0.5, 0.6) is 0 Å². The molecule has 3 aromatic carbocycles. The zero-order valence-corrected chi connectivity index (χ0v) is 17.2. The summed E-state index contributed by atoms with van der Waals surface area (Å²) in [5.41, 5.74) is 2.51. The lowest BCUT2D eigenvalue weighted by atomic mass is 9.88. The molecule has 1 heterocycles. The van der Waals surface area contributed by atoms with E-state index in [9.17, 15) is 13.2 Å². The molecule has 0 aliphatic carbocycles. The van der Waals surface area contributed by atoms with Gasteiger partial charge in [0.2, 0.25) is 0 Å². The van der Waals surface area contributed by atoms with E-state index in [1.165, 1.54) is 11.1 Å². The van der Waals surface area contributed by atoms with Crippen LogP contribution < -0.4 is 0 Å². The van der Waals surface area contributed by atoms with Crippen molar-refractivity contribution in [3.63, 3.8) is 0 Å². The maximum Gasteiger partial charge on any atom is 0.306 e. The first-order valence-electron chi connectivity index (χ1n) is 9.54. The molecule has 0 spiro atoms. The zero-order valence-electron chi connectivity index (χ0n) is 16.4. The summed E-state index contributed by atoms with van der Waals surface area (Å²) in [6, 6.07) is 25.5. The number of fused-ring (bicyclic) bond motifs is 1. The van der Waals surface area contributed by atoms with Gasteiger partial charge in [-0.1, -0.05) is 54.6 Å². The number of hydrogen-bond acceptors (Lipinski definition) is 4. The average molecular weight is 420 g/mol. The predicted octanol–water partition coefficient (Wildman–Crippen LogP) is 4.57. The van der Waals surface area contributed by atoms with E-state index in [2.05, 4.69) is 0 Å². The summed E-state index contributed by atoms with van der Waals surface area (Å²) in [6.45, 7) is 0. The van der Waals surface area contributed by atoms with Gasteiger partial charge in [0.15, 0.2) is 0 Å². The van der Waals surface area contributed by atoms with Crippen LogP contribution in [0.1, 0.15) is 23.5 Å². The quantitative estimate of drug-likeness (QED) is 0.429. The highest BCUT2D eigenvalue weighted by Crippen LogP contribution is 2.32. The highest BCUT2D eigenvalue weighted by molar-refractivity contribution is 7.90. The molecule has 0 amide bonds. The molecule has 5 nitrogen and oxygen atoms in total. The molecule has 0 saturated carbocycles. The number of nitrogens with zero attached hydrogens (tertiary/aromatic N) is 1. The van der Waals surface area contributed by atoms with Gasteiger partial charge < -0.3 is 4.74 Å². The lowest BCUT2D eigenvalue weighted by molar-refractivity contribution is -0.140. The molecule has 6 heteroatoms. The molecular weight excluding hydrogens is 398 g/mol. The second kappa shape index (κ2) is 8.16. The Kier molecular flexibility index (Phi) is 5.42. The fourth-order valence-corrected chi connectivity index (χ4v) is 5.01. The van der Waals surface area contributed by atoms with Crippen molar-refractivity contribution in [2.45, 2.75) is 17.2 Å². The summed E-state index contributed by atoms with van der Waals surface area (Å²) in [5, 5.41) is 0.790. The molecule has 0 saturated heterocycles. The normalized spacial score (nSPS) is 12.6. The van der Waals surface area contributed by atoms with Crippen molar-refractivity contribution in [1.82, 2.24) is 3.97 Å². The zero-order chi connectivity index (χ0) is 21.1. The summed E-state index contributed by atoms with van der Waals surface area (Å²) >= 11 is 0. The molecule has 0 fully saturated rings. The number of rotatable bonds is 6. The molecule has 4 rings (SSSR count). The number of aromatic nitrogens is 1. The molecule has 0 bridgehead atoms. The predicted molar refractivity (Wildman–Crippen MR) is 116 cm³/mol. The molecule has 0 radical (unpaired) electrons. The Morgan fingerprint density at radius 1 is 0.900 bits per heavy atom. The van der Waals surface area contributed by atoms with Gasteiger partial charge >= 0.3 is 5.97 Å². The Morgan fingerprint density at radius 2 is 1.57 bits per heavy atom. The Hall–Kier alpha value is -3.38. The van der Waals surface area contributed by atoms with E-state index >= 15 is 0 Å². The van der Waals surface area contributed by atoms with E-state index in [1.54, 1.807) is 48.7 Å². The van der Waals surface area contributed by atoms with Crippen LogP contribution in [0.15, 0.2) is 96.0 Å². The third-order valence-electron chi connectivity index (χ3n) is 5.18. The Balaban J connectivity index is 1.78. The van der Waals surface area contributed by atoms with E-state index in [0.29, 0.717) is 5.52 Å². The highest BCUT2D eigenvalue weighted by atomic mass is 32.2. The number of methoxy groups -OCH3 is 1. The Bertz CT molecular complexity index is 1280. The van der Waals surface area contributed by atoms with Crippen molar-refractivity contribution in [3.8, 4) is 0 Å². The van der Waals surface area contributed by atoms with Gasteiger partial charge in [-0.3, -0.25) is 4.79 Å². The van der Waals surface area contributed by atoms with E-state index in [0.717, 1.165) is 16.5 Å². The lowest BCUT2D eigenvalue weighted by Crippen LogP contribution is -2.12. The van der Waals surface area contributed by atoms with Gasteiger partial charge in [-0.25, -0.2) is 12.4 Å². The monoisotopic (exact) mass is 419 g/mol. The summed E-state index contributed by atoms with van der Waals surface area (Å²) < 4.78 is 32.2. The SMILES string of the molecule is COC(=O)CC(c1ccccc1)c1ccc2c(ccn2S(=O)(=O)c2ccccc2)c1. The van der Waals surface area contributed by atoms with Crippen molar-refractivity contribution in [2.24, 2.45) is 0 Å². The van der Waals surface area contributed by atoms with Crippen LogP contribution in [-0.2, 0) is 19.6 Å². The van der Waals surface area contributed by atoms with E-state index in [4.69, 9.17) is 4.74 Å². The highest BCUT2D eigenvalue weighted by Gasteiger charge is 2.22. The summed E-state index contributed by atoms with van der Waals surface area (Å²) in [7, 11) is -2.31. The van der Waals surface area contributed by atoms with Gasteiger partial charge in [-0.2, -0.15) is 0 Å². The summed E-state index contributed by atoms with van der Waals surface area (Å²) in [6.07, 6.45) is 1.77. The number of esters is 1. The fraction of sp³-hybridized carbons (Fsp3) is 0.125. The van der Waals surface area contributed by atoms with Crippen molar-refractivity contribution in [1.29, 1.82) is 0 Å². The Labute approximate surface area is 175 Å². The number of ether oxygens (including phenoxy) is 1. The Morgan fingerprint density at radius 3 is 2.23 bits per heavy atom. The van der Waals surface area contributed by atoms with Gasteiger partial charge in [-0.05, 0) is 41.5 Å². The minimum atomic E-state index is -3.69. The van der Waals surface area contributed by atoms with Crippen molar-refractivity contribution in [2.75, 3.05) is 7.11 Å². The first kappa shape index (κ1) is 19.9. The van der Waals surface area contributed by atoms with Crippen LogP contribution in [0.4, 0.5) is 0 Å². The van der Waals surface area contributed by atoms with Crippen LogP contribution in [0, 0.1) is 0 Å². The van der Waals surface area contributed by atoms with Gasteiger partial charge in [-0.15, -0.1) is 0 Å². The number of carbonyl (C=O) groups is 1. The first-order valence-corrected chi connectivity index (χ1v) is 11.0. The molecule has 30 heavy (non-hydrogen) atoms. The van der Waals surface area contributed by atoms with Gasteiger partial charge in [0.05, 0.1) is 23.9 Å². The summed E-state index contributed by atoms with van der Waals surface area (Å²) in [5.74, 6) is -0.481. The molecular formula is C24H21NO4S. The van der Waals surface area contributed by atoms with Crippen LogP contribution >= 0.6 is 0 Å². The smallest absolute Gasteiger partial charge is 0.306 e. The minimum absolute atomic E-state index is 0.183. The molecule has 1 aromatic heterocycles. The van der Waals surface area contributed by atoms with Crippen molar-refractivity contribution in [3.05, 3.63) is 102 Å². The molecule has 0 aliphatic rings. The van der Waals surface area contributed by atoms with Crippen LogP contribution in [-0.4, -0.2) is 25.5 Å². The number of carbonyl (C=O) groups excluding carboxylic acids is 1. The van der Waals surface area contributed by atoms with Crippen LogP contribution in [0.3, 0.4) is 0 Å². The number of hydrogen-bond donors (Lipinski definition) is 0. The molecule has 1 unspecified atom stereocenters. The summed E-state index contributed by atoms with van der Waals surface area (Å²) in [4.78, 5) is 12.3. The van der Waals surface area contributed by atoms with E-state index in [1.807, 2.05) is 42.5 Å². The fourth-order valence-electron chi connectivity index (χ4n) is 3.63. The second-order valence-corrected chi connectivity index (χ2v) is 8.81. The van der Waals surface area contributed by atoms with Gasteiger partial charge in [0.1, 0.15) is 0 Å². The van der Waals surface area contributed by atoms with Gasteiger partial charge in [0, 0.05) is 17.5 Å². The van der Waals surface area contributed by atoms with Gasteiger partial charge in [0.25, 0.3) is 10.0 Å². The molecule has 0 aliphatic heterocycles. The average Bonchev–Trinajstić information content (AvgIpc) is 3.22. The largest absolute Gasteiger partial charge is 0.469 e. The van der Waals surface area contributed by atoms with E-state index < -0.39 is 10.0 Å². The van der Waals surface area contributed by atoms with E-state index in [-0.39, 0.29) is 23.2 Å².